The number of hydrogen-bond donors (Lipinski definition) is 0. The summed E-state index contributed by atoms with van der Waals surface area (Å²) in [6, 6.07) is 9.12. The Morgan fingerprint density at radius 2 is 1.62 bits per heavy atom. The van der Waals surface area contributed by atoms with Crippen molar-refractivity contribution in [3.8, 4) is 0 Å². The van der Waals surface area contributed by atoms with Crippen LogP contribution in [0.15, 0.2) is 53.6 Å². The molecule has 2 heterocycles. The van der Waals surface area contributed by atoms with Crippen LogP contribution < -0.4 is 4.90 Å². The molecule has 0 radical (unpaired) electrons. The molecule has 0 N–H and O–H groups in total. The maximum atomic E-state index is 13.0. The summed E-state index contributed by atoms with van der Waals surface area (Å²) >= 11 is 0. The quantitative estimate of drug-likeness (QED) is 0.661. The SMILES string of the molecule is O=C1CCC(=O)N1c1ccc(S(=O)(=O)N(Cc2ccccn2)CC(F)(F)F)cc1. The molecule has 0 atom stereocenters. The van der Waals surface area contributed by atoms with E-state index in [9.17, 15) is 31.2 Å². The van der Waals surface area contributed by atoms with Gasteiger partial charge in [0.1, 0.15) is 6.54 Å². The number of rotatable bonds is 6. The van der Waals surface area contributed by atoms with Crippen molar-refractivity contribution in [1.29, 1.82) is 0 Å². The lowest BCUT2D eigenvalue weighted by atomic mass is 10.3. The van der Waals surface area contributed by atoms with Crippen LogP contribution in [-0.2, 0) is 26.2 Å². The van der Waals surface area contributed by atoms with Crippen molar-refractivity contribution in [3.05, 3.63) is 54.4 Å². The summed E-state index contributed by atoms with van der Waals surface area (Å²) in [5.41, 5.74) is 0.328. The number of benzene rings is 1. The molecule has 1 fully saturated rings. The predicted octanol–water partition coefficient (Wildman–Crippen LogP) is 2.49. The van der Waals surface area contributed by atoms with Crippen LogP contribution >= 0.6 is 0 Å². The van der Waals surface area contributed by atoms with Gasteiger partial charge in [-0.15, -0.1) is 0 Å². The van der Waals surface area contributed by atoms with E-state index in [0.29, 0.717) is 0 Å². The van der Waals surface area contributed by atoms with E-state index in [4.69, 9.17) is 0 Å². The van der Waals surface area contributed by atoms with Crippen LogP contribution in [0.4, 0.5) is 18.9 Å². The van der Waals surface area contributed by atoms with Gasteiger partial charge >= 0.3 is 6.18 Å². The summed E-state index contributed by atoms with van der Waals surface area (Å²) in [6.07, 6.45) is -3.28. The number of halogens is 3. The third kappa shape index (κ3) is 4.80. The number of pyridine rings is 1. The van der Waals surface area contributed by atoms with Crippen molar-refractivity contribution in [1.82, 2.24) is 9.29 Å². The van der Waals surface area contributed by atoms with Crippen LogP contribution in [0.3, 0.4) is 0 Å². The van der Waals surface area contributed by atoms with Crippen LogP contribution in [0.5, 0.6) is 0 Å². The molecule has 0 saturated carbocycles. The molecule has 0 aliphatic carbocycles. The molecule has 29 heavy (non-hydrogen) atoms. The van der Waals surface area contributed by atoms with E-state index in [1.165, 1.54) is 24.4 Å². The fourth-order valence-corrected chi connectivity index (χ4v) is 4.28. The number of carbonyl (C=O) groups excluding carboxylic acids is 2. The molecule has 1 aromatic carbocycles. The molecule has 0 bridgehead atoms. The van der Waals surface area contributed by atoms with E-state index in [1.807, 2.05) is 0 Å². The van der Waals surface area contributed by atoms with Gasteiger partial charge in [0.25, 0.3) is 0 Å². The van der Waals surface area contributed by atoms with E-state index in [1.54, 1.807) is 12.1 Å². The topological polar surface area (TPSA) is 87.7 Å². The summed E-state index contributed by atoms with van der Waals surface area (Å²) in [4.78, 5) is 28.0. The Morgan fingerprint density at radius 3 is 2.14 bits per heavy atom. The Bertz CT molecular complexity index is 993. The van der Waals surface area contributed by atoms with Crippen molar-refractivity contribution >= 4 is 27.5 Å². The Hall–Kier alpha value is -2.79. The van der Waals surface area contributed by atoms with Crippen LogP contribution in [-0.4, -0.2) is 42.2 Å². The second kappa shape index (κ2) is 7.91. The molecular formula is C18H16F3N3O4S. The zero-order valence-corrected chi connectivity index (χ0v) is 15.8. The number of alkyl halides is 3. The van der Waals surface area contributed by atoms with Gasteiger partial charge in [-0.3, -0.25) is 19.5 Å². The average Bonchev–Trinajstić information content (AvgIpc) is 2.99. The number of anilines is 1. The molecule has 1 saturated heterocycles. The number of imide groups is 1. The van der Waals surface area contributed by atoms with Gasteiger partial charge in [0, 0.05) is 19.0 Å². The lowest BCUT2D eigenvalue weighted by Crippen LogP contribution is -2.38. The van der Waals surface area contributed by atoms with Crippen LogP contribution in [0.1, 0.15) is 18.5 Å². The second-order valence-corrected chi connectivity index (χ2v) is 8.26. The van der Waals surface area contributed by atoms with Crippen LogP contribution in [0, 0.1) is 0 Å². The van der Waals surface area contributed by atoms with E-state index < -0.39 is 41.1 Å². The van der Waals surface area contributed by atoms with Gasteiger partial charge < -0.3 is 0 Å². The molecule has 154 valence electrons. The number of sulfonamides is 1. The summed E-state index contributed by atoms with van der Waals surface area (Å²) < 4.78 is 64.9. The zero-order valence-electron chi connectivity index (χ0n) is 15.0. The molecule has 1 aliphatic rings. The Labute approximate surface area is 164 Å². The molecular weight excluding hydrogens is 411 g/mol. The molecule has 2 aromatic rings. The van der Waals surface area contributed by atoms with Gasteiger partial charge in [-0.05, 0) is 36.4 Å². The molecule has 11 heteroatoms. The van der Waals surface area contributed by atoms with E-state index >= 15 is 0 Å². The van der Waals surface area contributed by atoms with Gasteiger partial charge in [-0.25, -0.2) is 8.42 Å². The smallest absolute Gasteiger partial charge is 0.274 e. The Balaban J connectivity index is 1.90. The van der Waals surface area contributed by atoms with Gasteiger partial charge in [-0.1, -0.05) is 6.07 Å². The molecule has 0 spiro atoms. The Kier molecular flexibility index (Phi) is 5.71. The first-order valence-electron chi connectivity index (χ1n) is 8.50. The van der Waals surface area contributed by atoms with Crippen molar-refractivity contribution in [2.45, 2.75) is 30.5 Å². The van der Waals surface area contributed by atoms with Crippen molar-refractivity contribution in [2.24, 2.45) is 0 Å². The van der Waals surface area contributed by atoms with E-state index in [2.05, 4.69) is 4.98 Å². The van der Waals surface area contributed by atoms with E-state index in [0.717, 1.165) is 17.0 Å². The third-order valence-corrected chi connectivity index (χ3v) is 6.01. The molecule has 7 nitrogen and oxygen atoms in total. The van der Waals surface area contributed by atoms with Crippen LogP contribution in [0.2, 0.25) is 0 Å². The lowest BCUT2D eigenvalue weighted by molar-refractivity contribution is -0.137. The summed E-state index contributed by atoms with van der Waals surface area (Å²) in [6.45, 7) is -2.25. The van der Waals surface area contributed by atoms with Gasteiger partial charge in [-0.2, -0.15) is 17.5 Å². The highest BCUT2D eigenvalue weighted by Gasteiger charge is 2.37. The molecule has 1 aromatic heterocycles. The highest BCUT2D eigenvalue weighted by atomic mass is 32.2. The maximum Gasteiger partial charge on any atom is 0.402 e. The number of hydrogen-bond acceptors (Lipinski definition) is 5. The highest BCUT2D eigenvalue weighted by Crippen LogP contribution is 2.27. The largest absolute Gasteiger partial charge is 0.402 e. The molecule has 1 aliphatic heterocycles. The number of aromatic nitrogens is 1. The van der Waals surface area contributed by atoms with Crippen LogP contribution in [0.25, 0.3) is 0 Å². The summed E-state index contributed by atoms with van der Waals surface area (Å²) in [5, 5.41) is 0. The molecule has 2 amide bonds. The van der Waals surface area contributed by atoms with Crippen molar-refractivity contribution in [3.63, 3.8) is 0 Å². The zero-order chi connectivity index (χ0) is 21.2. The average molecular weight is 427 g/mol. The van der Waals surface area contributed by atoms with Crippen molar-refractivity contribution in [2.75, 3.05) is 11.4 Å². The standard InChI is InChI=1S/C18H16F3N3O4S/c19-18(20,21)12-23(11-13-3-1-2-10-22-13)29(27,28)15-6-4-14(5-7-15)24-16(25)8-9-17(24)26/h1-7,10H,8-9,11-12H2. The number of nitrogens with zero attached hydrogens (tertiary/aromatic N) is 3. The molecule has 3 rings (SSSR count). The predicted molar refractivity (Wildman–Crippen MR) is 96.1 cm³/mol. The third-order valence-electron chi connectivity index (χ3n) is 4.20. The van der Waals surface area contributed by atoms with Crippen molar-refractivity contribution < 1.29 is 31.2 Å². The normalized spacial score (nSPS) is 15.4. The fraction of sp³-hybridized carbons (Fsp3) is 0.278. The minimum atomic E-state index is -4.75. The first kappa shape index (κ1) is 20.9. The second-order valence-electron chi connectivity index (χ2n) is 6.33. The fourth-order valence-electron chi connectivity index (χ4n) is 2.88. The van der Waals surface area contributed by atoms with Gasteiger partial charge in [0.05, 0.1) is 22.8 Å². The minimum absolute atomic E-state index is 0.0579. The van der Waals surface area contributed by atoms with E-state index in [-0.39, 0.29) is 33.4 Å². The summed E-state index contributed by atoms with van der Waals surface area (Å²) in [5.74, 6) is -0.834. The highest BCUT2D eigenvalue weighted by molar-refractivity contribution is 7.89. The number of carbonyl (C=O) groups is 2. The lowest BCUT2D eigenvalue weighted by Gasteiger charge is -2.23. The van der Waals surface area contributed by atoms with Gasteiger partial charge in [0.2, 0.25) is 21.8 Å². The first-order valence-corrected chi connectivity index (χ1v) is 9.94. The minimum Gasteiger partial charge on any atom is -0.274 e. The molecule has 0 unspecified atom stereocenters. The maximum absolute atomic E-state index is 13.0. The monoisotopic (exact) mass is 427 g/mol. The Morgan fingerprint density at radius 1 is 1.00 bits per heavy atom. The first-order chi connectivity index (χ1) is 13.6. The number of amides is 2. The summed E-state index contributed by atoms with van der Waals surface area (Å²) in [7, 11) is -4.51. The van der Waals surface area contributed by atoms with Gasteiger partial charge in [0.15, 0.2) is 0 Å².